The molecule has 0 radical (unpaired) electrons. The Balaban J connectivity index is 1.64. The van der Waals surface area contributed by atoms with Crippen LogP contribution in [0.1, 0.15) is 57.6 Å². The molecule has 0 bridgehead atoms. The zero-order valence-corrected chi connectivity index (χ0v) is 18.0. The van der Waals surface area contributed by atoms with Crippen molar-refractivity contribution in [3.63, 3.8) is 0 Å². The van der Waals surface area contributed by atoms with Crippen LogP contribution in [0.5, 0.6) is 0 Å². The largest absolute Gasteiger partial charge is 0.348 e. The molecule has 9 nitrogen and oxygen atoms in total. The average molecular weight is 437 g/mol. The van der Waals surface area contributed by atoms with E-state index in [1.807, 2.05) is 0 Å². The van der Waals surface area contributed by atoms with E-state index < -0.39 is 33.5 Å². The molecule has 1 aliphatic carbocycles. The summed E-state index contributed by atoms with van der Waals surface area (Å²) in [6, 6.07) is 4.87. The zero-order chi connectivity index (χ0) is 22.1. The normalized spacial score (nSPS) is 25.3. The van der Waals surface area contributed by atoms with Crippen molar-refractivity contribution in [1.82, 2.24) is 15.5 Å². The van der Waals surface area contributed by atoms with Crippen LogP contribution in [0.25, 0.3) is 0 Å². The van der Waals surface area contributed by atoms with Crippen LogP contribution in [-0.2, 0) is 19.6 Å². The minimum atomic E-state index is -3.86. The number of primary sulfonamides is 1. The number of nitrogens with two attached hydrogens (primary N) is 1. The Kier molecular flexibility index (Phi) is 6.19. The Morgan fingerprint density at radius 1 is 1.33 bits per heavy atom. The molecule has 4 N–H and O–H groups in total. The van der Waals surface area contributed by atoms with E-state index in [2.05, 4.69) is 17.6 Å². The van der Waals surface area contributed by atoms with Crippen molar-refractivity contribution in [3.05, 3.63) is 29.8 Å². The molecule has 2 fully saturated rings. The summed E-state index contributed by atoms with van der Waals surface area (Å²) >= 11 is 0. The summed E-state index contributed by atoms with van der Waals surface area (Å²) in [6.07, 6.45) is 3.98. The van der Waals surface area contributed by atoms with Crippen LogP contribution < -0.4 is 15.8 Å². The fourth-order valence-electron chi connectivity index (χ4n) is 4.21. The van der Waals surface area contributed by atoms with Crippen LogP contribution in [0.3, 0.4) is 0 Å². The van der Waals surface area contributed by atoms with Crippen LogP contribution in [-0.4, -0.2) is 43.2 Å². The van der Waals surface area contributed by atoms with Gasteiger partial charge in [-0.25, -0.2) is 18.4 Å². The number of urea groups is 1. The Morgan fingerprint density at radius 3 is 2.60 bits per heavy atom. The van der Waals surface area contributed by atoms with Crippen molar-refractivity contribution in [3.8, 4) is 0 Å². The average Bonchev–Trinajstić information content (AvgIpc) is 2.92. The monoisotopic (exact) mass is 436 g/mol. The molecule has 2 aliphatic rings. The van der Waals surface area contributed by atoms with Crippen molar-refractivity contribution in [2.75, 3.05) is 6.54 Å². The van der Waals surface area contributed by atoms with Gasteiger partial charge >= 0.3 is 6.03 Å². The number of carbonyl (C=O) groups excluding carboxylic acids is 3. The number of amides is 4. The quantitative estimate of drug-likeness (QED) is 0.579. The van der Waals surface area contributed by atoms with Gasteiger partial charge in [-0.2, -0.15) is 0 Å². The first kappa shape index (κ1) is 22.2. The Morgan fingerprint density at radius 2 is 2.00 bits per heavy atom. The number of rotatable bonds is 6. The van der Waals surface area contributed by atoms with Gasteiger partial charge in [0.15, 0.2) is 0 Å². The number of carbonyl (C=O) groups is 3. The molecular weight excluding hydrogens is 408 g/mol. The highest BCUT2D eigenvalue weighted by atomic mass is 32.2. The van der Waals surface area contributed by atoms with E-state index in [1.165, 1.54) is 18.2 Å². The third-order valence-electron chi connectivity index (χ3n) is 6.15. The van der Waals surface area contributed by atoms with Gasteiger partial charge in [-0.15, -0.1) is 0 Å². The van der Waals surface area contributed by atoms with Crippen LogP contribution in [0.2, 0.25) is 0 Å². The lowest BCUT2D eigenvalue weighted by Gasteiger charge is -2.34. The molecule has 30 heavy (non-hydrogen) atoms. The molecular formula is C20H28N4O5S. The molecule has 1 unspecified atom stereocenters. The lowest BCUT2D eigenvalue weighted by Crippen LogP contribution is -2.50. The second-order valence-corrected chi connectivity index (χ2v) is 9.72. The Hall–Kier alpha value is -2.46. The second-order valence-electron chi connectivity index (χ2n) is 8.16. The van der Waals surface area contributed by atoms with Crippen molar-refractivity contribution in [2.24, 2.45) is 11.1 Å². The SMILES string of the molecule is CCC1CCC2(CC1)NC(=O)N(CC(=O)NC(C)c1cccc(S(N)(=O)=O)c1)C2=O. The van der Waals surface area contributed by atoms with Crippen LogP contribution in [0.4, 0.5) is 4.79 Å². The summed E-state index contributed by atoms with van der Waals surface area (Å²) in [5, 5.41) is 10.7. The van der Waals surface area contributed by atoms with Gasteiger partial charge in [0.1, 0.15) is 12.1 Å². The fraction of sp³-hybridized carbons (Fsp3) is 0.550. The maximum atomic E-state index is 12.9. The number of hydrogen-bond donors (Lipinski definition) is 3. The molecule has 1 saturated carbocycles. The van der Waals surface area contributed by atoms with Crippen LogP contribution in [0, 0.1) is 5.92 Å². The third-order valence-corrected chi connectivity index (χ3v) is 7.06. The topological polar surface area (TPSA) is 139 Å². The zero-order valence-electron chi connectivity index (χ0n) is 17.2. The number of imide groups is 1. The lowest BCUT2D eigenvalue weighted by atomic mass is 9.75. The number of benzene rings is 1. The van der Waals surface area contributed by atoms with Gasteiger partial charge in [0.25, 0.3) is 5.91 Å². The number of hydrogen-bond acceptors (Lipinski definition) is 5. The van der Waals surface area contributed by atoms with E-state index in [9.17, 15) is 22.8 Å². The summed E-state index contributed by atoms with van der Waals surface area (Å²) in [6.45, 7) is 3.41. The van der Waals surface area contributed by atoms with Gasteiger partial charge in [-0.3, -0.25) is 14.5 Å². The lowest BCUT2D eigenvalue weighted by molar-refractivity contribution is -0.136. The molecule has 4 amide bonds. The molecule has 1 atom stereocenters. The second kappa shape index (κ2) is 8.35. The van der Waals surface area contributed by atoms with Crippen molar-refractivity contribution in [1.29, 1.82) is 0 Å². The van der Waals surface area contributed by atoms with Gasteiger partial charge in [0, 0.05) is 0 Å². The predicted molar refractivity (Wildman–Crippen MR) is 110 cm³/mol. The molecule has 1 aliphatic heterocycles. The van der Waals surface area contributed by atoms with E-state index in [0.717, 1.165) is 24.2 Å². The van der Waals surface area contributed by atoms with E-state index in [4.69, 9.17) is 5.14 Å². The summed E-state index contributed by atoms with van der Waals surface area (Å²) < 4.78 is 23.0. The van der Waals surface area contributed by atoms with Crippen molar-refractivity contribution in [2.45, 2.75) is 62.4 Å². The first-order valence-electron chi connectivity index (χ1n) is 10.1. The fourth-order valence-corrected chi connectivity index (χ4v) is 4.78. The van der Waals surface area contributed by atoms with Gasteiger partial charge < -0.3 is 10.6 Å². The molecule has 10 heteroatoms. The molecule has 164 valence electrons. The summed E-state index contributed by atoms with van der Waals surface area (Å²) in [5.74, 6) is -0.293. The smallest absolute Gasteiger partial charge is 0.325 e. The molecule has 1 aromatic carbocycles. The van der Waals surface area contributed by atoms with E-state index >= 15 is 0 Å². The molecule has 1 spiro atoms. The van der Waals surface area contributed by atoms with Gasteiger partial charge in [-0.1, -0.05) is 25.5 Å². The molecule has 1 aromatic rings. The third kappa shape index (κ3) is 4.49. The van der Waals surface area contributed by atoms with Crippen LogP contribution >= 0.6 is 0 Å². The summed E-state index contributed by atoms with van der Waals surface area (Å²) in [5.41, 5.74) is -0.347. The molecule has 0 aromatic heterocycles. The van der Waals surface area contributed by atoms with Crippen molar-refractivity contribution < 1.29 is 22.8 Å². The highest BCUT2D eigenvalue weighted by Gasteiger charge is 2.52. The number of nitrogens with zero attached hydrogens (tertiary/aromatic N) is 1. The Labute approximate surface area is 176 Å². The number of nitrogens with one attached hydrogen (secondary N) is 2. The summed E-state index contributed by atoms with van der Waals surface area (Å²) in [4.78, 5) is 38.7. The van der Waals surface area contributed by atoms with Crippen LogP contribution in [0.15, 0.2) is 29.2 Å². The van der Waals surface area contributed by atoms with E-state index in [0.29, 0.717) is 24.3 Å². The van der Waals surface area contributed by atoms with E-state index in [-0.39, 0.29) is 17.3 Å². The predicted octanol–water partition coefficient (Wildman–Crippen LogP) is 1.40. The maximum Gasteiger partial charge on any atom is 0.325 e. The highest BCUT2D eigenvalue weighted by Crippen LogP contribution is 2.37. The summed E-state index contributed by atoms with van der Waals surface area (Å²) in [7, 11) is -3.86. The molecule has 1 heterocycles. The van der Waals surface area contributed by atoms with Gasteiger partial charge in [-0.05, 0) is 56.2 Å². The van der Waals surface area contributed by atoms with E-state index in [1.54, 1.807) is 13.0 Å². The molecule has 1 saturated heterocycles. The number of sulfonamides is 1. The Bertz CT molecular complexity index is 954. The van der Waals surface area contributed by atoms with Crippen molar-refractivity contribution >= 4 is 27.9 Å². The minimum Gasteiger partial charge on any atom is -0.348 e. The highest BCUT2D eigenvalue weighted by molar-refractivity contribution is 7.89. The first-order chi connectivity index (χ1) is 14.1. The standard InChI is InChI=1S/C20H28N4O5S/c1-3-14-7-9-20(10-8-14)18(26)24(19(27)23-20)12-17(25)22-13(2)15-5-4-6-16(11-15)30(21,28)29/h4-6,11,13-14H,3,7-10,12H2,1-2H3,(H,22,25)(H,23,27)(H2,21,28,29). The van der Waals surface area contributed by atoms with Gasteiger partial charge in [0.05, 0.1) is 10.9 Å². The van der Waals surface area contributed by atoms with Gasteiger partial charge in [0.2, 0.25) is 15.9 Å². The maximum absolute atomic E-state index is 12.9. The molecule has 3 rings (SSSR count). The minimum absolute atomic E-state index is 0.0557. The first-order valence-corrected chi connectivity index (χ1v) is 11.7.